The molecule has 2 aromatic carbocycles. The Morgan fingerprint density at radius 3 is 2.37 bits per heavy atom. The highest BCUT2D eigenvalue weighted by Crippen LogP contribution is 2.28. The number of imide groups is 1. The topological polar surface area (TPSA) is 55.4 Å². The third kappa shape index (κ3) is 2.08. The van der Waals surface area contributed by atoms with Gasteiger partial charge in [-0.05, 0) is 12.1 Å². The molecular formula is C15H11NO3. The van der Waals surface area contributed by atoms with Crippen molar-refractivity contribution in [1.82, 2.24) is 5.32 Å². The van der Waals surface area contributed by atoms with Crippen LogP contribution in [0.1, 0.15) is 22.0 Å². The molecular weight excluding hydrogens is 242 g/mol. The van der Waals surface area contributed by atoms with Crippen LogP contribution in [-0.4, -0.2) is 11.8 Å². The van der Waals surface area contributed by atoms with Gasteiger partial charge in [-0.15, -0.1) is 0 Å². The minimum absolute atomic E-state index is 0.370. The molecule has 0 spiro atoms. The first kappa shape index (κ1) is 11.5. The molecule has 0 fully saturated rings. The molecule has 0 radical (unpaired) electrons. The smallest absolute Gasteiger partial charge is 0.272 e. The van der Waals surface area contributed by atoms with E-state index in [-0.39, 0.29) is 0 Å². The second-order valence-electron chi connectivity index (χ2n) is 4.22. The monoisotopic (exact) mass is 253 g/mol. The van der Waals surface area contributed by atoms with Gasteiger partial charge in [-0.2, -0.15) is 0 Å². The zero-order valence-corrected chi connectivity index (χ0v) is 10.00. The van der Waals surface area contributed by atoms with Crippen LogP contribution < -0.4 is 10.1 Å². The normalized spacial score (nSPS) is 18.0. The van der Waals surface area contributed by atoms with Crippen molar-refractivity contribution in [2.75, 3.05) is 0 Å². The first-order valence-corrected chi connectivity index (χ1v) is 5.91. The van der Waals surface area contributed by atoms with Crippen LogP contribution >= 0.6 is 0 Å². The standard InChI is InChI=1S/C15H11NO3/c17-14-11-8-4-5-9-12(11)19-13(15(18)16-14)10-6-2-1-3-7-10/h1-9,13H,(H,16,17,18)/t13-/m1/s1. The average Bonchev–Trinajstić information content (AvgIpc) is 2.57. The molecule has 0 saturated carbocycles. The van der Waals surface area contributed by atoms with Crippen LogP contribution in [0.25, 0.3) is 0 Å². The summed E-state index contributed by atoms with van der Waals surface area (Å²) in [4.78, 5) is 23.9. The summed E-state index contributed by atoms with van der Waals surface area (Å²) in [5.74, 6) is -0.467. The average molecular weight is 253 g/mol. The van der Waals surface area contributed by atoms with Crippen LogP contribution in [0.2, 0.25) is 0 Å². The minimum Gasteiger partial charge on any atom is -0.475 e. The second kappa shape index (κ2) is 4.57. The van der Waals surface area contributed by atoms with Crippen molar-refractivity contribution >= 4 is 11.8 Å². The number of hydrogen-bond donors (Lipinski definition) is 1. The van der Waals surface area contributed by atoms with Gasteiger partial charge >= 0.3 is 0 Å². The van der Waals surface area contributed by atoms with E-state index in [1.807, 2.05) is 18.2 Å². The molecule has 4 nitrogen and oxygen atoms in total. The highest BCUT2D eigenvalue weighted by atomic mass is 16.5. The first-order chi connectivity index (χ1) is 9.25. The number of fused-ring (bicyclic) bond motifs is 1. The zero-order valence-electron chi connectivity index (χ0n) is 10.00. The molecule has 1 heterocycles. The van der Waals surface area contributed by atoms with E-state index < -0.39 is 17.9 Å². The van der Waals surface area contributed by atoms with Crippen molar-refractivity contribution < 1.29 is 14.3 Å². The lowest BCUT2D eigenvalue weighted by molar-refractivity contribution is -0.126. The molecule has 1 N–H and O–H groups in total. The first-order valence-electron chi connectivity index (χ1n) is 5.91. The summed E-state index contributed by atoms with van der Waals surface area (Å²) in [6.45, 7) is 0. The molecule has 1 atom stereocenters. The van der Waals surface area contributed by atoms with Crippen LogP contribution in [-0.2, 0) is 4.79 Å². The largest absolute Gasteiger partial charge is 0.475 e. The number of carbonyl (C=O) groups excluding carboxylic acids is 2. The van der Waals surface area contributed by atoms with E-state index in [2.05, 4.69) is 5.32 Å². The maximum atomic E-state index is 12.0. The summed E-state index contributed by atoms with van der Waals surface area (Å²) >= 11 is 0. The number of hydrogen-bond acceptors (Lipinski definition) is 3. The molecule has 94 valence electrons. The fraction of sp³-hybridized carbons (Fsp3) is 0.0667. The number of para-hydroxylation sites is 1. The summed E-state index contributed by atoms with van der Waals surface area (Å²) in [7, 11) is 0. The molecule has 0 aromatic heterocycles. The molecule has 1 aliphatic rings. The Kier molecular flexibility index (Phi) is 2.76. The number of nitrogens with one attached hydrogen (secondary N) is 1. The Morgan fingerprint density at radius 1 is 0.895 bits per heavy atom. The molecule has 19 heavy (non-hydrogen) atoms. The van der Waals surface area contributed by atoms with E-state index in [0.29, 0.717) is 16.9 Å². The summed E-state index contributed by atoms with van der Waals surface area (Å²) in [5.41, 5.74) is 1.08. The highest BCUT2D eigenvalue weighted by molar-refractivity contribution is 6.08. The van der Waals surface area contributed by atoms with Gasteiger partial charge in [0.15, 0.2) is 0 Å². The quantitative estimate of drug-likeness (QED) is 0.791. The lowest BCUT2D eigenvalue weighted by Crippen LogP contribution is -2.33. The predicted molar refractivity (Wildman–Crippen MR) is 68.7 cm³/mol. The molecule has 1 aliphatic heterocycles. The summed E-state index contributed by atoms with van der Waals surface area (Å²) in [6.07, 6.45) is -0.811. The van der Waals surface area contributed by atoms with E-state index in [1.165, 1.54) is 0 Å². The van der Waals surface area contributed by atoms with Gasteiger partial charge in [0.25, 0.3) is 11.8 Å². The Hall–Kier alpha value is -2.62. The number of benzene rings is 2. The van der Waals surface area contributed by atoms with Gasteiger partial charge in [-0.25, -0.2) is 0 Å². The van der Waals surface area contributed by atoms with Crippen molar-refractivity contribution in [2.45, 2.75) is 6.10 Å². The van der Waals surface area contributed by atoms with Gasteiger partial charge in [0.1, 0.15) is 5.75 Å². The van der Waals surface area contributed by atoms with Crippen molar-refractivity contribution in [3.05, 3.63) is 65.7 Å². The third-order valence-electron chi connectivity index (χ3n) is 2.95. The molecule has 2 aromatic rings. The van der Waals surface area contributed by atoms with E-state index in [9.17, 15) is 9.59 Å². The van der Waals surface area contributed by atoms with Crippen LogP contribution in [0.4, 0.5) is 0 Å². The van der Waals surface area contributed by atoms with E-state index in [1.54, 1.807) is 36.4 Å². The van der Waals surface area contributed by atoms with E-state index in [0.717, 1.165) is 0 Å². The number of ether oxygens (including phenoxy) is 1. The van der Waals surface area contributed by atoms with Gasteiger partial charge in [-0.1, -0.05) is 42.5 Å². The van der Waals surface area contributed by atoms with Gasteiger partial charge in [0.05, 0.1) is 5.56 Å². The molecule has 2 amide bonds. The van der Waals surface area contributed by atoms with Gasteiger partial charge < -0.3 is 4.74 Å². The lowest BCUT2D eigenvalue weighted by Gasteiger charge is -2.15. The SMILES string of the molecule is O=C1NC(=O)[C@@H](c2ccccc2)Oc2ccccc21. The molecule has 0 saturated heterocycles. The van der Waals surface area contributed by atoms with Gasteiger partial charge in [0.2, 0.25) is 6.10 Å². The fourth-order valence-corrected chi connectivity index (χ4v) is 2.03. The maximum absolute atomic E-state index is 12.0. The van der Waals surface area contributed by atoms with Crippen molar-refractivity contribution in [1.29, 1.82) is 0 Å². The summed E-state index contributed by atoms with van der Waals surface area (Å²) in [5, 5.41) is 2.34. The molecule has 4 heteroatoms. The Balaban J connectivity index is 2.05. The Labute approximate surface area is 110 Å². The van der Waals surface area contributed by atoms with Gasteiger partial charge in [-0.3, -0.25) is 14.9 Å². The van der Waals surface area contributed by atoms with E-state index in [4.69, 9.17) is 4.74 Å². The van der Waals surface area contributed by atoms with E-state index >= 15 is 0 Å². The van der Waals surface area contributed by atoms with Crippen molar-refractivity contribution in [2.24, 2.45) is 0 Å². The van der Waals surface area contributed by atoms with Crippen LogP contribution in [0, 0.1) is 0 Å². The Morgan fingerprint density at radius 2 is 1.58 bits per heavy atom. The molecule has 0 aliphatic carbocycles. The summed E-state index contributed by atoms with van der Waals surface area (Å²) in [6, 6.07) is 15.9. The zero-order chi connectivity index (χ0) is 13.2. The predicted octanol–water partition coefficient (Wildman–Crippen LogP) is 2.08. The van der Waals surface area contributed by atoms with Crippen molar-refractivity contribution in [3.63, 3.8) is 0 Å². The molecule has 3 rings (SSSR count). The second-order valence-corrected chi connectivity index (χ2v) is 4.22. The van der Waals surface area contributed by atoms with Gasteiger partial charge in [0, 0.05) is 5.56 Å². The highest BCUT2D eigenvalue weighted by Gasteiger charge is 2.30. The van der Waals surface area contributed by atoms with Crippen LogP contribution in [0.5, 0.6) is 5.75 Å². The number of carbonyl (C=O) groups is 2. The molecule has 0 bridgehead atoms. The maximum Gasteiger partial charge on any atom is 0.272 e. The van der Waals surface area contributed by atoms with Crippen molar-refractivity contribution in [3.8, 4) is 5.75 Å². The minimum atomic E-state index is -0.811. The van der Waals surface area contributed by atoms with Crippen LogP contribution in [0.3, 0.4) is 0 Å². The lowest BCUT2D eigenvalue weighted by atomic mass is 10.1. The fourth-order valence-electron chi connectivity index (χ4n) is 2.03. The van der Waals surface area contributed by atoms with Crippen LogP contribution in [0.15, 0.2) is 54.6 Å². The third-order valence-corrected chi connectivity index (χ3v) is 2.95. The summed E-state index contributed by atoms with van der Waals surface area (Å²) < 4.78 is 5.69. The Bertz CT molecular complexity index is 637. The molecule has 0 unspecified atom stereocenters. The number of rotatable bonds is 1. The number of amides is 2.